The Morgan fingerprint density at radius 2 is 1.83 bits per heavy atom. The minimum Gasteiger partial charge on any atom is -0.480 e. The molecule has 0 saturated heterocycles. The molecule has 6 N–H and O–H groups in total. The summed E-state index contributed by atoms with van der Waals surface area (Å²) in [6.07, 6.45) is 0.752. The van der Waals surface area contributed by atoms with Gasteiger partial charge in [-0.3, -0.25) is 9.59 Å². The Morgan fingerprint density at radius 3 is 2.28 bits per heavy atom. The lowest BCUT2D eigenvalue weighted by molar-refractivity contribution is -0.142. The van der Waals surface area contributed by atoms with Gasteiger partial charge in [0.05, 0.1) is 0 Å². The third kappa shape index (κ3) is 7.61. The van der Waals surface area contributed by atoms with Crippen LogP contribution in [0.4, 0.5) is 0 Å². The standard InChI is InChI=1S/C11H21N3O4/c1-7(6-12)2-5-10(16)14-8(11(17)18)3-4-9(13)15/h7-8H,2-6,12H2,1H3,(H2,13,15)(H,14,16)(H,17,18)/t7?,8-/m0/s1. The largest absolute Gasteiger partial charge is 0.480 e. The molecule has 0 fully saturated rings. The first-order valence-corrected chi connectivity index (χ1v) is 5.87. The minimum atomic E-state index is -1.17. The van der Waals surface area contributed by atoms with Crippen molar-refractivity contribution in [2.24, 2.45) is 17.4 Å². The normalized spacial score (nSPS) is 13.7. The van der Waals surface area contributed by atoms with Crippen LogP contribution in [0.3, 0.4) is 0 Å². The second kappa shape index (κ2) is 8.46. The first-order chi connectivity index (χ1) is 8.36. The number of primary amides is 1. The fourth-order valence-corrected chi connectivity index (χ4v) is 1.31. The predicted molar refractivity (Wildman–Crippen MR) is 65.4 cm³/mol. The van der Waals surface area contributed by atoms with E-state index in [-0.39, 0.29) is 31.1 Å². The molecule has 1 unspecified atom stereocenters. The number of carboxylic acids is 1. The number of nitrogens with two attached hydrogens (primary N) is 2. The molecule has 0 saturated carbocycles. The van der Waals surface area contributed by atoms with Crippen LogP contribution in [0, 0.1) is 5.92 Å². The number of amides is 2. The van der Waals surface area contributed by atoms with Crippen molar-refractivity contribution in [3.05, 3.63) is 0 Å². The smallest absolute Gasteiger partial charge is 0.326 e. The molecule has 2 atom stereocenters. The molecule has 0 heterocycles. The van der Waals surface area contributed by atoms with Crippen molar-refractivity contribution in [2.45, 2.75) is 38.6 Å². The molecule has 2 amide bonds. The average Bonchev–Trinajstić information content (AvgIpc) is 2.30. The highest BCUT2D eigenvalue weighted by atomic mass is 16.4. The van der Waals surface area contributed by atoms with Crippen molar-refractivity contribution < 1.29 is 19.5 Å². The highest BCUT2D eigenvalue weighted by Crippen LogP contribution is 2.04. The molecular formula is C11H21N3O4. The topological polar surface area (TPSA) is 136 Å². The summed E-state index contributed by atoms with van der Waals surface area (Å²) in [5, 5.41) is 11.2. The van der Waals surface area contributed by atoms with Crippen LogP contribution in [-0.2, 0) is 14.4 Å². The Hall–Kier alpha value is -1.63. The summed E-state index contributed by atoms with van der Waals surface area (Å²) in [7, 11) is 0. The summed E-state index contributed by atoms with van der Waals surface area (Å²) < 4.78 is 0. The summed E-state index contributed by atoms with van der Waals surface area (Å²) in [6.45, 7) is 2.40. The second-order valence-corrected chi connectivity index (χ2v) is 4.34. The van der Waals surface area contributed by atoms with Crippen LogP contribution in [0.1, 0.15) is 32.6 Å². The summed E-state index contributed by atoms with van der Waals surface area (Å²) in [4.78, 5) is 32.9. The molecule has 7 nitrogen and oxygen atoms in total. The molecule has 7 heteroatoms. The van der Waals surface area contributed by atoms with Gasteiger partial charge in [0.1, 0.15) is 6.04 Å². The molecule has 104 valence electrons. The molecule has 0 aromatic carbocycles. The Bertz CT molecular complexity index is 307. The number of rotatable bonds is 9. The molecule has 0 aliphatic carbocycles. The predicted octanol–water partition coefficient (Wildman–Crippen LogP) is -0.804. The molecular weight excluding hydrogens is 238 g/mol. The van der Waals surface area contributed by atoms with Gasteiger partial charge in [0.25, 0.3) is 0 Å². The van der Waals surface area contributed by atoms with Crippen molar-refractivity contribution >= 4 is 17.8 Å². The van der Waals surface area contributed by atoms with Crippen LogP contribution < -0.4 is 16.8 Å². The molecule has 0 spiro atoms. The maximum Gasteiger partial charge on any atom is 0.326 e. The molecule has 0 bridgehead atoms. The highest BCUT2D eigenvalue weighted by molar-refractivity contribution is 5.84. The molecule has 0 aliphatic rings. The zero-order chi connectivity index (χ0) is 14.1. The molecule has 0 aromatic heterocycles. The van der Waals surface area contributed by atoms with Gasteiger partial charge < -0.3 is 21.9 Å². The van der Waals surface area contributed by atoms with Crippen molar-refractivity contribution in [3.8, 4) is 0 Å². The molecule has 0 aromatic rings. The summed E-state index contributed by atoms with van der Waals surface area (Å²) in [5.74, 6) is -1.90. The lowest BCUT2D eigenvalue weighted by Crippen LogP contribution is -2.41. The number of aliphatic carboxylic acids is 1. The van der Waals surface area contributed by atoms with Gasteiger partial charge in [-0.1, -0.05) is 6.92 Å². The van der Waals surface area contributed by atoms with E-state index < -0.39 is 17.9 Å². The zero-order valence-electron chi connectivity index (χ0n) is 10.5. The maximum absolute atomic E-state index is 11.5. The maximum atomic E-state index is 11.5. The van der Waals surface area contributed by atoms with Crippen LogP contribution in [-0.4, -0.2) is 35.5 Å². The van der Waals surface area contributed by atoms with Crippen molar-refractivity contribution in [1.82, 2.24) is 5.32 Å². The van der Waals surface area contributed by atoms with Gasteiger partial charge >= 0.3 is 5.97 Å². The van der Waals surface area contributed by atoms with Crippen LogP contribution in [0.15, 0.2) is 0 Å². The monoisotopic (exact) mass is 259 g/mol. The van der Waals surface area contributed by atoms with Crippen molar-refractivity contribution in [2.75, 3.05) is 6.54 Å². The molecule has 18 heavy (non-hydrogen) atoms. The fraction of sp³-hybridized carbons (Fsp3) is 0.727. The van der Waals surface area contributed by atoms with E-state index in [1.165, 1.54) is 0 Å². The van der Waals surface area contributed by atoms with Gasteiger partial charge in [-0.2, -0.15) is 0 Å². The summed E-state index contributed by atoms with van der Waals surface area (Å²) >= 11 is 0. The Morgan fingerprint density at radius 1 is 1.22 bits per heavy atom. The van der Waals surface area contributed by atoms with E-state index in [9.17, 15) is 14.4 Å². The van der Waals surface area contributed by atoms with E-state index in [4.69, 9.17) is 16.6 Å². The Labute approximate surface area is 106 Å². The first kappa shape index (κ1) is 16.4. The van der Waals surface area contributed by atoms with Crippen molar-refractivity contribution in [3.63, 3.8) is 0 Å². The number of carbonyl (C=O) groups excluding carboxylic acids is 2. The number of carboxylic acid groups (broad SMARTS) is 1. The van der Waals surface area contributed by atoms with E-state index in [0.717, 1.165) is 0 Å². The van der Waals surface area contributed by atoms with Gasteiger partial charge in [0, 0.05) is 12.8 Å². The van der Waals surface area contributed by atoms with E-state index in [0.29, 0.717) is 13.0 Å². The van der Waals surface area contributed by atoms with Crippen LogP contribution in [0.25, 0.3) is 0 Å². The van der Waals surface area contributed by atoms with E-state index in [1.807, 2.05) is 6.92 Å². The minimum absolute atomic E-state index is 0.00283. The van der Waals surface area contributed by atoms with Crippen molar-refractivity contribution in [1.29, 1.82) is 0 Å². The van der Waals surface area contributed by atoms with Gasteiger partial charge in [-0.15, -0.1) is 0 Å². The second-order valence-electron chi connectivity index (χ2n) is 4.34. The molecule has 0 rings (SSSR count). The number of hydrogen-bond acceptors (Lipinski definition) is 4. The summed E-state index contributed by atoms with van der Waals surface area (Å²) in [6, 6.07) is -1.07. The third-order valence-electron chi connectivity index (χ3n) is 2.58. The van der Waals surface area contributed by atoms with Gasteiger partial charge in [-0.25, -0.2) is 4.79 Å². The van der Waals surface area contributed by atoms with Gasteiger partial charge in [0.2, 0.25) is 11.8 Å². The van der Waals surface area contributed by atoms with Gasteiger partial charge in [0.15, 0.2) is 0 Å². The van der Waals surface area contributed by atoms with Crippen LogP contribution >= 0.6 is 0 Å². The average molecular weight is 259 g/mol. The lowest BCUT2D eigenvalue weighted by atomic mass is 10.1. The quantitative estimate of drug-likeness (QED) is 0.429. The lowest BCUT2D eigenvalue weighted by Gasteiger charge is -2.14. The number of carbonyl (C=O) groups is 3. The Kier molecular flexibility index (Phi) is 7.69. The Balaban J connectivity index is 4.11. The number of nitrogens with one attached hydrogen (secondary N) is 1. The van der Waals surface area contributed by atoms with E-state index >= 15 is 0 Å². The highest BCUT2D eigenvalue weighted by Gasteiger charge is 2.20. The van der Waals surface area contributed by atoms with E-state index in [2.05, 4.69) is 5.32 Å². The van der Waals surface area contributed by atoms with E-state index in [1.54, 1.807) is 0 Å². The van der Waals surface area contributed by atoms with Gasteiger partial charge in [-0.05, 0) is 25.3 Å². The molecule has 0 radical (unpaired) electrons. The first-order valence-electron chi connectivity index (χ1n) is 5.87. The number of hydrogen-bond donors (Lipinski definition) is 4. The van der Waals surface area contributed by atoms with Crippen LogP contribution in [0.2, 0.25) is 0 Å². The SMILES string of the molecule is CC(CN)CCC(=O)N[C@@H](CCC(N)=O)C(=O)O. The summed E-state index contributed by atoms with van der Waals surface area (Å²) in [5.41, 5.74) is 10.3. The fourth-order valence-electron chi connectivity index (χ4n) is 1.31. The molecule has 0 aliphatic heterocycles. The van der Waals surface area contributed by atoms with Crippen LogP contribution in [0.5, 0.6) is 0 Å². The third-order valence-corrected chi connectivity index (χ3v) is 2.58. The zero-order valence-corrected chi connectivity index (χ0v) is 10.5.